The molecule has 0 spiro atoms. The summed E-state index contributed by atoms with van der Waals surface area (Å²) in [6.45, 7) is 8.45. The highest BCUT2D eigenvalue weighted by atomic mass is 35.5. The minimum absolute atomic E-state index is 0.273. The molecule has 1 saturated heterocycles. The smallest absolute Gasteiger partial charge is 0.348 e. The minimum atomic E-state index is -3.45. The van der Waals surface area contributed by atoms with Crippen molar-refractivity contribution in [1.29, 1.82) is 0 Å². The number of nitrogens with two attached hydrogens (primary N) is 1. The van der Waals surface area contributed by atoms with E-state index in [1.165, 1.54) is 24.3 Å². The molecule has 0 aliphatic carbocycles. The zero-order valence-corrected chi connectivity index (χ0v) is 16.9. The van der Waals surface area contributed by atoms with Crippen LogP contribution in [0.25, 0.3) is 0 Å². The molecule has 0 amide bonds. The summed E-state index contributed by atoms with van der Waals surface area (Å²) in [4.78, 5) is 11.1. The number of hydrogen-bond acceptors (Lipinski definition) is 7. The normalized spacial score (nSPS) is 23.6. The van der Waals surface area contributed by atoms with Crippen molar-refractivity contribution in [2.24, 2.45) is 15.7 Å². The van der Waals surface area contributed by atoms with Crippen molar-refractivity contribution in [3.8, 4) is 0 Å². The van der Waals surface area contributed by atoms with Gasteiger partial charge >= 0.3 is 5.38 Å². The van der Waals surface area contributed by atoms with Crippen LogP contribution in [0, 0.1) is 0 Å². The van der Waals surface area contributed by atoms with Crippen molar-refractivity contribution < 1.29 is 13.5 Å². The van der Waals surface area contributed by atoms with Crippen molar-refractivity contribution in [1.82, 2.24) is 15.5 Å². The first-order chi connectivity index (χ1) is 13.0. The number of alkyl halides is 3. The summed E-state index contributed by atoms with van der Waals surface area (Å²) in [6.07, 6.45) is 0. The van der Waals surface area contributed by atoms with E-state index in [1.54, 1.807) is 0 Å². The second-order valence-corrected chi connectivity index (χ2v) is 8.27. The zero-order chi connectivity index (χ0) is 20.6. The second kappa shape index (κ2) is 7.46. The van der Waals surface area contributed by atoms with Gasteiger partial charge in [-0.15, -0.1) is 0 Å². The number of hydrogen-bond donors (Lipinski definition) is 3. The van der Waals surface area contributed by atoms with Crippen LogP contribution >= 0.6 is 11.6 Å². The Hall–Kier alpha value is -1.97. The summed E-state index contributed by atoms with van der Waals surface area (Å²) >= 11 is 5.09. The van der Waals surface area contributed by atoms with Gasteiger partial charge in [-0.3, -0.25) is 11.1 Å². The minimum Gasteiger partial charge on any atom is -0.378 e. The molecule has 7 nitrogen and oxygen atoms in total. The lowest BCUT2D eigenvalue weighted by atomic mass is 10.1. The number of halogens is 3. The largest absolute Gasteiger partial charge is 0.378 e. The van der Waals surface area contributed by atoms with Crippen molar-refractivity contribution in [3.63, 3.8) is 0 Å². The monoisotopic (exact) mass is 414 g/mol. The average Bonchev–Trinajstić information content (AvgIpc) is 2.60. The third kappa shape index (κ3) is 4.89. The van der Waals surface area contributed by atoms with E-state index in [0.717, 1.165) is 0 Å². The number of benzene rings is 1. The Morgan fingerprint density at radius 3 is 2.32 bits per heavy atom. The maximum atomic E-state index is 13.3. The van der Waals surface area contributed by atoms with E-state index in [-0.39, 0.29) is 11.1 Å². The van der Waals surface area contributed by atoms with Crippen LogP contribution in [-0.4, -0.2) is 48.7 Å². The van der Waals surface area contributed by atoms with Crippen LogP contribution in [-0.2, 0) is 15.9 Å². The van der Waals surface area contributed by atoms with Gasteiger partial charge in [0.1, 0.15) is 0 Å². The Bertz CT molecular complexity index is 766. The molecule has 10 heteroatoms. The van der Waals surface area contributed by atoms with Gasteiger partial charge < -0.3 is 15.0 Å². The van der Waals surface area contributed by atoms with E-state index in [9.17, 15) is 8.78 Å². The SMILES string of the molecule is CC(C)(C)NC1=NC(N)(c2ccc(C(F)(F)Cl)cc2)N=C(N2CCOCC2)N1. The summed E-state index contributed by atoms with van der Waals surface area (Å²) in [6, 6.07) is 5.40. The molecule has 1 aromatic rings. The molecule has 0 saturated carbocycles. The standard InChI is InChI=1S/C18H25ClF2N6O/c1-16(2,3)24-14-23-15(27-8-10-28-11-9-27)26-18(22,25-14)13-6-4-12(5-7-13)17(19,20)21/h4-7H,8-11,22H2,1-3H3,(H2,23,24,25,26). The van der Waals surface area contributed by atoms with Crippen molar-refractivity contribution in [2.45, 2.75) is 37.5 Å². The Kier molecular flexibility index (Phi) is 5.53. The van der Waals surface area contributed by atoms with Gasteiger partial charge in [0.2, 0.25) is 17.7 Å². The lowest BCUT2D eigenvalue weighted by molar-refractivity contribution is 0.0663. The second-order valence-electron chi connectivity index (χ2n) is 7.80. The number of nitrogens with one attached hydrogen (secondary N) is 2. The summed E-state index contributed by atoms with van der Waals surface area (Å²) in [5.41, 5.74) is 6.39. The van der Waals surface area contributed by atoms with Gasteiger partial charge in [-0.25, -0.2) is 9.98 Å². The van der Waals surface area contributed by atoms with Crippen molar-refractivity contribution in [3.05, 3.63) is 35.4 Å². The molecule has 0 bridgehead atoms. The fourth-order valence-electron chi connectivity index (χ4n) is 2.89. The number of nitrogens with zero attached hydrogens (tertiary/aromatic N) is 3. The third-order valence-electron chi connectivity index (χ3n) is 4.23. The van der Waals surface area contributed by atoms with Gasteiger partial charge in [-0.05, 0) is 32.4 Å². The van der Waals surface area contributed by atoms with Crippen LogP contribution in [0.1, 0.15) is 31.9 Å². The molecule has 154 valence electrons. The van der Waals surface area contributed by atoms with Crippen LogP contribution in [0.3, 0.4) is 0 Å². The highest BCUT2D eigenvalue weighted by Gasteiger charge is 2.35. The first kappa shape index (κ1) is 20.8. The number of ether oxygens (including phenoxy) is 1. The average molecular weight is 415 g/mol. The molecule has 0 aromatic heterocycles. The Morgan fingerprint density at radius 2 is 1.79 bits per heavy atom. The molecule has 1 unspecified atom stereocenters. The Morgan fingerprint density at radius 1 is 1.18 bits per heavy atom. The molecule has 28 heavy (non-hydrogen) atoms. The Labute approximate surface area is 168 Å². The molecule has 1 atom stereocenters. The molecular weight excluding hydrogens is 390 g/mol. The number of rotatable bonds is 2. The first-order valence-electron chi connectivity index (χ1n) is 9.00. The topological polar surface area (TPSA) is 87.3 Å². The van der Waals surface area contributed by atoms with Crippen LogP contribution in [0.2, 0.25) is 0 Å². The quantitative estimate of drug-likeness (QED) is 0.645. The van der Waals surface area contributed by atoms with Gasteiger partial charge in [0.25, 0.3) is 0 Å². The number of aliphatic imine (C=N–C) groups is 2. The van der Waals surface area contributed by atoms with E-state index in [0.29, 0.717) is 43.8 Å². The molecule has 2 heterocycles. The van der Waals surface area contributed by atoms with E-state index in [4.69, 9.17) is 22.1 Å². The molecule has 4 N–H and O–H groups in total. The molecule has 1 fully saturated rings. The lowest BCUT2D eigenvalue weighted by Gasteiger charge is -2.37. The number of morpholine rings is 1. The summed E-state index contributed by atoms with van der Waals surface area (Å²) in [5.74, 6) is -0.454. The van der Waals surface area contributed by atoms with E-state index < -0.39 is 11.2 Å². The predicted molar refractivity (Wildman–Crippen MR) is 105 cm³/mol. The van der Waals surface area contributed by atoms with Gasteiger partial charge in [0.05, 0.1) is 13.2 Å². The van der Waals surface area contributed by atoms with E-state index in [2.05, 4.69) is 20.6 Å². The molecule has 2 aliphatic heterocycles. The predicted octanol–water partition coefficient (Wildman–Crippen LogP) is 2.08. The van der Waals surface area contributed by atoms with Crippen LogP contribution in [0.5, 0.6) is 0 Å². The molecule has 2 aliphatic rings. The molecular formula is C18H25ClF2N6O. The molecule has 1 aromatic carbocycles. The highest BCUT2D eigenvalue weighted by molar-refractivity contribution is 6.21. The molecule has 3 rings (SSSR count). The fraction of sp³-hybridized carbons (Fsp3) is 0.556. The maximum absolute atomic E-state index is 13.3. The molecule has 0 radical (unpaired) electrons. The Balaban J connectivity index is 1.97. The fourth-order valence-corrected chi connectivity index (χ4v) is 3.02. The highest BCUT2D eigenvalue weighted by Crippen LogP contribution is 2.34. The number of guanidine groups is 2. The lowest BCUT2D eigenvalue weighted by Crippen LogP contribution is -2.59. The summed E-state index contributed by atoms with van der Waals surface area (Å²) in [7, 11) is 0. The van der Waals surface area contributed by atoms with E-state index in [1.807, 2.05) is 25.7 Å². The van der Waals surface area contributed by atoms with Crippen molar-refractivity contribution >= 4 is 23.5 Å². The summed E-state index contributed by atoms with van der Waals surface area (Å²) < 4.78 is 32.0. The zero-order valence-electron chi connectivity index (χ0n) is 16.1. The van der Waals surface area contributed by atoms with Crippen LogP contribution in [0.15, 0.2) is 34.3 Å². The third-order valence-corrected chi connectivity index (χ3v) is 4.45. The van der Waals surface area contributed by atoms with Crippen LogP contribution < -0.4 is 16.4 Å². The van der Waals surface area contributed by atoms with Gasteiger partial charge in [0, 0.05) is 29.8 Å². The van der Waals surface area contributed by atoms with Gasteiger partial charge in [0.15, 0.2) is 0 Å². The van der Waals surface area contributed by atoms with E-state index >= 15 is 0 Å². The first-order valence-corrected chi connectivity index (χ1v) is 9.38. The van der Waals surface area contributed by atoms with Crippen LogP contribution in [0.4, 0.5) is 8.78 Å². The van der Waals surface area contributed by atoms with Gasteiger partial charge in [-0.2, -0.15) is 8.78 Å². The van der Waals surface area contributed by atoms with Gasteiger partial charge in [-0.1, -0.05) is 24.3 Å². The van der Waals surface area contributed by atoms with Crippen molar-refractivity contribution in [2.75, 3.05) is 26.3 Å². The maximum Gasteiger partial charge on any atom is 0.348 e. The summed E-state index contributed by atoms with van der Waals surface area (Å²) in [5, 5.41) is 3.00.